The van der Waals surface area contributed by atoms with Crippen molar-refractivity contribution in [1.29, 1.82) is 0 Å². The second-order valence-corrected chi connectivity index (χ2v) is 8.40. The van der Waals surface area contributed by atoms with Crippen molar-refractivity contribution in [2.75, 3.05) is 33.4 Å². The summed E-state index contributed by atoms with van der Waals surface area (Å²) in [6, 6.07) is 7.83. The predicted octanol–water partition coefficient (Wildman–Crippen LogP) is 3.32. The number of methoxy groups -OCH3 is 1. The number of fused-ring (bicyclic) bond motifs is 1. The molecule has 1 aliphatic carbocycles. The van der Waals surface area contributed by atoms with Gasteiger partial charge in [0.05, 0.1) is 13.7 Å². The Balaban J connectivity index is 1.57. The zero-order chi connectivity index (χ0) is 20.7. The van der Waals surface area contributed by atoms with E-state index in [1.54, 1.807) is 13.2 Å². The highest BCUT2D eigenvalue weighted by molar-refractivity contribution is 5.88. The molecule has 5 rings (SSSR count). The largest absolute Gasteiger partial charge is 0.507 e. The molecule has 2 fully saturated rings. The molecular weight excluding hydrogens is 380 g/mol. The number of ether oxygens (including phenoxy) is 1. The molecule has 1 saturated heterocycles. The van der Waals surface area contributed by atoms with Gasteiger partial charge < -0.3 is 19.5 Å². The number of aromatic nitrogens is 3. The molecule has 3 aromatic rings. The number of phenols is 1. The van der Waals surface area contributed by atoms with E-state index >= 15 is 0 Å². The number of phenolic OH excluding ortho intramolecular Hbond substituents is 1. The summed E-state index contributed by atoms with van der Waals surface area (Å²) in [6.45, 7) is 2.87. The maximum atomic E-state index is 10.6. The number of benzene rings is 1. The van der Waals surface area contributed by atoms with Gasteiger partial charge in [-0.2, -0.15) is 0 Å². The lowest BCUT2D eigenvalue weighted by Crippen LogP contribution is -2.38. The molecule has 7 nitrogen and oxygen atoms in total. The zero-order valence-corrected chi connectivity index (χ0v) is 17.3. The van der Waals surface area contributed by atoms with E-state index in [9.17, 15) is 10.2 Å². The summed E-state index contributed by atoms with van der Waals surface area (Å²) in [5.74, 6) is 1.25. The molecule has 0 spiro atoms. The van der Waals surface area contributed by atoms with Crippen molar-refractivity contribution >= 4 is 11.0 Å². The number of aliphatic hydroxyl groups is 1. The lowest BCUT2D eigenvalue weighted by atomic mass is 9.99. The van der Waals surface area contributed by atoms with Gasteiger partial charge in [-0.3, -0.25) is 4.90 Å². The monoisotopic (exact) mass is 408 g/mol. The van der Waals surface area contributed by atoms with E-state index in [0.29, 0.717) is 23.3 Å². The summed E-state index contributed by atoms with van der Waals surface area (Å²) in [4.78, 5) is 2.32. The van der Waals surface area contributed by atoms with Crippen molar-refractivity contribution in [2.24, 2.45) is 0 Å². The predicted molar refractivity (Wildman–Crippen MR) is 115 cm³/mol. The maximum absolute atomic E-state index is 10.6. The van der Waals surface area contributed by atoms with Gasteiger partial charge in [0.1, 0.15) is 17.2 Å². The Morgan fingerprint density at radius 2 is 2.03 bits per heavy atom. The van der Waals surface area contributed by atoms with Crippen molar-refractivity contribution in [3.05, 3.63) is 36.0 Å². The molecule has 3 heterocycles. The summed E-state index contributed by atoms with van der Waals surface area (Å²) in [5.41, 5.74) is 3.59. The van der Waals surface area contributed by atoms with E-state index in [-0.39, 0.29) is 12.4 Å². The van der Waals surface area contributed by atoms with Gasteiger partial charge in [-0.15, -0.1) is 10.2 Å². The van der Waals surface area contributed by atoms with Crippen molar-refractivity contribution in [3.63, 3.8) is 0 Å². The number of rotatable bonds is 6. The third-order valence-electron chi connectivity index (χ3n) is 6.41. The van der Waals surface area contributed by atoms with Gasteiger partial charge >= 0.3 is 0 Å². The highest BCUT2D eigenvalue weighted by Gasteiger charge is 2.32. The Kier molecular flexibility index (Phi) is 5.08. The van der Waals surface area contributed by atoms with Gasteiger partial charge in [0, 0.05) is 42.3 Å². The van der Waals surface area contributed by atoms with Gasteiger partial charge in [-0.05, 0) is 61.9 Å². The van der Waals surface area contributed by atoms with Crippen molar-refractivity contribution in [1.82, 2.24) is 19.7 Å². The smallest absolute Gasteiger partial charge is 0.163 e. The Hall–Kier alpha value is -2.64. The standard InChI is InChI=1S/C23H28N4O3/c1-30-17-6-7-18(20(29)13-17)22-21(15-4-5-15)19-8-10-27(23(19)25-24-22)16-3-2-9-26(14-16)11-12-28/h6-8,10,13,15-16,28-29H,2-5,9,11-12,14H2,1H3/t16-/m1/s1. The first kappa shape index (κ1) is 19.3. The van der Waals surface area contributed by atoms with Crippen LogP contribution in [0.5, 0.6) is 11.5 Å². The molecule has 2 N–H and O–H groups in total. The summed E-state index contributed by atoms with van der Waals surface area (Å²) in [5, 5.41) is 30.3. The Bertz CT molecular complexity index is 1060. The number of hydrogen-bond donors (Lipinski definition) is 2. The third-order valence-corrected chi connectivity index (χ3v) is 6.41. The molecule has 0 bridgehead atoms. The minimum Gasteiger partial charge on any atom is -0.507 e. The second-order valence-electron chi connectivity index (χ2n) is 8.40. The topological polar surface area (TPSA) is 83.6 Å². The fraction of sp³-hybridized carbons (Fsp3) is 0.478. The highest BCUT2D eigenvalue weighted by Crippen LogP contribution is 2.48. The Morgan fingerprint density at radius 3 is 2.77 bits per heavy atom. The van der Waals surface area contributed by atoms with Crippen LogP contribution in [-0.2, 0) is 0 Å². The number of aliphatic hydroxyl groups excluding tert-OH is 1. The maximum Gasteiger partial charge on any atom is 0.163 e. The van der Waals surface area contributed by atoms with Crippen LogP contribution in [0.25, 0.3) is 22.3 Å². The van der Waals surface area contributed by atoms with E-state index in [1.165, 1.54) is 5.56 Å². The number of hydrogen-bond acceptors (Lipinski definition) is 6. The average molecular weight is 409 g/mol. The normalized spacial score (nSPS) is 20.0. The zero-order valence-electron chi connectivity index (χ0n) is 17.3. The molecule has 0 amide bonds. The van der Waals surface area contributed by atoms with Crippen LogP contribution in [0, 0.1) is 0 Å². The molecule has 1 aromatic carbocycles. The lowest BCUT2D eigenvalue weighted by molar-refractivity contribution is 0.144. The van der Waals surface area contributed by atoms with Crippen LogP contribution in [0.2, 0.25) is 0 Å². The molecule has 1 saturated carbocycles. The van der Waals surface area contributed by atoms with Crippen molar-refractivity contribution in [3.8, 4) is 22.8 Å². The molecule has 158 valence electrons. The molecule has 7 heteroatoms. The van der Waals surface area contributed by atoms with Crippen molar-refractivity contribution in [2.45, 2.75) is 37.6 Å². The van der Waals surface area contributed by atoms with E-state index in [0.717, 1.165) is 62.0 Å². The number of nitrogens with zero attached hydrogens (tertiary/aromatic N) is 4. The summed E-state index contributed by atoms with van der Waals surface area (Å²) in [6.07, 6.45) is 6.64. The molecule has 0 radical (unpaired) electrons. The van der Waals surface area contributed by atoms with Crippen LogP contribution < -0.4 is 4.74 Å². The summed E-state index contributed by atoms with van der Waals surface area (Å²) >= 11 is 0. The fourth-order valence-corrected chi connectivity index (χ4v) is 4.75. The van der Waals surface area contributed by atoms with E-state index < -0.39 is 0 Å². The molecule has 30 heavy (non-hydrogen) atoms. The molecule has 1 aliphatic heterocycles. The van der Waals surface area contributed by atoms with Crippen LogP contribution in [0.3, 0.4) is 0 Å². The average Bonchev–Trinajstić information content (AvgIpc) is 3.51. The number of piperidine rings is 1. The highest BCUT2D eigenvalue weighted by atomic mass is 16.5. The molecular formula is C23H28N4O3. The van der Waals surface area contributed by atoms with Crippen LogP contribution in [-0.4, -0.2) is 63.2 Å². The minimum absolute atomic E-state index is 0.163. The molecule has 0 unspecified atom stereocenters. The molecule has 1 atom stereocenters. The molecule has 2 aliphatic rings. The third kappa shape index (κ3) is 3.42. The molecule has 2 aromatic heterocycles. The Labute approximate surface area is 175 Å². The number of β-amino-alcohol motifs (C(OH)–C–C–N with tert-alkyl or cyclic N) is 1. The lowest BCUT2D eigenvalue weighted by Gasteiger charge is -2.33. The summed E-state index contributed by atoms with van der Waals surface area (Å²) < 4.78 is 7.48. The van der Waals surface area contributed by atoms with Crippen LogP contribution >= 0.6 is 0 Å². The SMILES string of the molecule is COc1ccc(-c2nnc3c(ccn3[C@@H]3CCCN(CCO)C3)c2C2CC2)c(O)c1. The van der Waals surface area contributed by atoms with E-state index in [2.05, 4.69) is 31.9 Å². The van der Waals surface area contributed by atoms with Crippen LogP contribution in [0.15, 0.2) is 30.5 Å². The first-order valence-electron chi connectivity index (χ1n) is 10.8. The Morgan fingerprint density at radius 1 is 1.17 bits per heavy atom. The summed E-state index contributed by atoms with van der Waals surface area (Å²) in [7, 11) is 1.59. The van der Waals surface area contributed by atoms with E-state index in [1.807, 2.05) is 12.1 Å². The van der Waals surface area contributed by atoms with Crippen LogP contribution in [0.4, 0.5) is 0 Å². The second kappa shape index (κ2) is 7.89. The first-order chi connectivity index (χ1) is 14.7. The quantitative estimate of drug-likeness (QED) is 0.651. The number of likely N-dealkylation sites (tertiary alicyclic amines) is 1. The van der Waals surface area contributed by atoms with Gasteiger partial charge in [-0.25, -0.2) is 0 Å². The van der Waals surface area contributed by atoms with Gasteiger partial charge in [-0.1, -0.05) is 0 Å². The van der Waals surface area contributed by atoms with Gasteiger partial charge in [0.2, 0.25) is 0 Å². The van der Waals surface area contributed by atoms with Crippen molar-refractivity contribution < 1.29 is 14.9 Å². The van der Waals surface area contributed by atoms with Gasteiger partial charge in [0.25, 0.3) is 0 Å². The van der Waals surface area contributed by atoms with Gasteiger partial charge in [0.15, 0.2) is 5.65 Å². The fourth-order valence-electron chi connectivity index (χ4n) is 4.75. The number of aromatic hydroxyl groups is 1. The van der Waals surface area contributed by atoms with Crippen LogP contribution in [0.1, 0.15) is 43.2 Å². The minimum atomic E-state index is 0.163. The van der Waals surface area contributed by atoms with E-state index in [4.69, 9.17) is 4.74 Å². The first-order valence-corrected chi connectivity index (χ1v) is 10.8.